The van der Waals surface area contributed by atoms with Gasteiger partial charge in [0, 0.05) is 12.5 Å². The molecule has 0 rings (SSSR count). The Morgan fingerprint density at radius 1 is 1.31 bits per heavy atom. The van der Waals surface area contributed by atoms with E-state index in [4.69, 9.17) is 10.8 Å². The average Bonchev–Trinajstić information content (AvgIpc) is 2.04. The van der Waals surface area contributed by atoms with Crippen LogP contribution in [0.5, 0.6) is 0 Å². The maximum atomic E-state index is 10.2. The Morgan fingerprint density at radius 2 is 1.92 bits per heavy atom. The lowest BCUT2D eigenvalue weighted by atomic mass is 10.0. The molecule has 0 spiro atoms. The molecule has 0 fully saturated rings. The topological polar surface area (TPSA) is 63.3 Å². The van der Waals surface area contributed by atoms with Gasteiger partial charge >= 0.3 is 5.97 Å². The second kappa shape index (κ2) is 8.05. The molecule has 1 unspecified atom stereocenters. The maximum Gasteiger partial charge on any atom is 0.303 e. The molecule has 0 amide bonds. The van der Waals surface area contributed by atoms with Crippen LogP contribution in [-0.2, 0) is 4.79 Å². The van der Waals surface area contributed by atoms with Crippen molar-refractivity contribution in [3.05, 3.63) is 0 Å². The van der Waals surface area contributed by atoms with Gasteiger partial charge in [0.15, 0.2) is 0 Å². The highest BCUT2D eigenvalue weighted by Gasteiger charge is 2.03. The van der Waals surface area contributed by atoms with E-state index in [0.717, 1.165) is 12.8 Å². The van der Waals surface area contributed by atoms with Crippen LogP contribution in [0.3, 0.4) is 0 Å². The van der Waals surface area contributed by atoms with Crippen LogP contribution in [0.25, 0.3) is 0 Å². The summed E-state index contributed by atoms with van der Waals surface area (Å²) in [4.78, 5) is 10.2. The highest BCUT2D eigenvalue weighted by molar-refractivity contribution is 5.66. The summed E-state index contributed by atoms with van der Waals surface area (Å²) in [6.45, 7) is 2.16. The molecule has 3 nitrogen and oxygen atoms in total. The molecule has 1 atom stereocenters. The Morgan fingerprint density at radius 3 is 2.46 bits per heavy atom. The molecule has 0 aliphatic carbocycles. The summed E-state index contributed by atoms with van der Waals surface area (Å²) in [6.07, 6.45) is 6.45. The van der Waals surface area contributed by atoms with Crippen molar-refractivity contribution >= 4 is 5.97 Å². The number of nitrogens with two attached hydrogens (primary N) is 1. The zero-order valence-corrected chi connectivity index (χ0v) is 8.46. The number of carbonyl (C=O) groups is 1. The van der Waals surface area contributed by atoms with Crippen molar-refractivity contribution < 1.29 is 9.90 Å². The van der Waals surface area contributed by atoms with E-state index in [1.807, 2.05) is 0 Å². The molecule has 0 saturated heterocycles. The molecule has 0 radical (unpaired) electrons. The number of aliphatic carboxylic acids is 1. The molecule has 0 aliphatic heterocycles. The lowest BCUT2D eigenvalue weighted by molar-refractivity contribution is -0.137. The molecular formula is C10H21NO2. The minimum Gasteiger partial charge on any atom is -0.481 e. The maximum absolute atomic E-state index is 10.2. The van der Waals surface area contributed by atoms with E-state index in [-0.39, 0.29) is 12.5 Å². The third-order valence-electron chi connectivity index (χ3n) is 2.14. The van der Waals surface area contributed by atoms with Gasteiger partial charge in [-0.25, -0.2) is 0 Å². The van der Waals surface area contributed by atoms with Gasteiger partial charge in [-0.2, -0.15) is 0 Å². The number of rotatable bonds is 8. The minimum atomic E-state index is -0.722. The van der Waals surface area contributed by atoms with E-state index in [1.54, 1.807) is 0 Å². The van der Waals surface area contributed by atoms with E-state index in [0.29, 0.717) is 6.42 Å². The van der Waals surface area contributed by atoms with Crippen molar-refractivity contribution in [3.8, 4) is 0 Å². The molecule has 3 N–H and O–H groups in total. The standard InChI is InChI=1S/C10H21NO2/c1-2-3-4-6-9(11)7-5-8-10(12)13/h9H,2-8,11H2,1H3,(H,12,13). The normalized spacial score (nSPS) is 12.8. The summed E-state index contributed by atoms with van der Waals surface area (Å²) in [6, 6.07) is 0.200. The van der Waals surface area contributed by atoms with Crippen LogP contribution in [0.2, 0.25) is 0 Å². The molecule has 0 aromatic rings. The van der Waals surface area contributed by atoms with Crippen LogP contribution in [0, 0.1) is 0 Å². The van der Waals surface area contributed by atoms with Crippen LogP contribution in [0.15, 0.2) is 0 Å². The summed E-state index contributed by atoms with van der Waals surface area (Å²) in [5.41, 5.74) is 5.81. The molecule has 0 bridgehead atoms. The van der Waals surface area contributed by atoms with E-state index in [2.05, 4.69) is 6.92 Å². The quantitative estimate of drug-likeness (QED) is 0.572. The largest absolute Gasteiger partial charge is 0.481 e. The fourth-order valence-electron chi connectivity index (χ4n) is 1.32. The van der Waals surface area contributed by atoms with Crippen LogP contribution < -0.4 is 5.73 Å². The Bertz CT molecular complexity index is 137. The second-order valence-electron chi connectivity index (χ2n) is 3.54. The predicted octanol–water partition coefficient (Wildman–Crippen LogP) is 2.15. The lowest BCUT2D eigenvalue weighted by Gasteiger charge is -2.09. The predicted molar refractivity (Wildman–Crippen MR) is 53.6 cm³/mol. The number of unbranched alkanes of at least 4 members (excludes halogenated alkanes) is 2. The van der Waals surface area contributed by atoms with Gasteiger partial charge in [-0.1, -0.05) is 26.2 Å². The monoisotopic (exact) mass is 187 g/mol. The second-order valence-corrected chi connectivity index (χ2v) is 3.54. The molecule has 0 aromatic heterocycles. The zero-order valence-electron chi connectivity index (χ0n) is 8.46. The summed E-state index contributed by atoms with van der Waals surface area (Å²) in [5.74, 6) is -0.722. The average molecular weight is 187 g/mol. The molecule has 13 heavy (non-hydrogen) atoms. The van der Waals surface area contributed by atoms with Gasteiger partial charge in [-0.3, -0.25) is 4.79 Å². The van der Waals surface area contributed by atoms with Gasteiger partial charge in [-0.05, 0) is 19.3 Å². The molecule has 0 aromatic carbocycles. The van der Waals surface area contributed by atoms with E-state index in [1.165, 1.54) is 19.3 Å². The van der Waals surface area contributed by atoms with Crippen LogP contribution >= 0.6 is 0 Å². The summed E-state index contributed by atoms with van der Waals surface area (Å²) >= 11 is 0. The van der Waals surface area contributed by atoms with E-state index >= 15 is 0 Å². The zero-order chi connectivity index (χ0) is 10.1. The first-order valence-electron chi connectivity index (χ1n) is 5.14. The third kappa shape index (κ3) is 9.34. The van der Waals surface area contributed by atoms with Crippen molar-refractivity contribution in [1.29, 1.82) is 0 Å². The van der Waals surface area contributed by atoms with E-state index < -0.39 is 5.97 Å². The number of carboxylic acid groups (broad SMARTS) is 1. The number of carboxylic acids is 1. The summed E-state index contributed by atoms with van der Waals surface area (Å²) in [5, 5.41) is 8.40. The van der Waals surface area contributed by atoms with Crippen molar-refractivity contribution in [2.45, 2.75) is 57.9 Å². The molecule has 78 valence electrons. The van der Waals surface area contributed by atoms with Crippen LogP contribution in [0.1, 0.15) is 51.9 Å². The Balaban J connectivity index is 3.19. The fraction of sp³-hybridized carbons (Fsp3) is 0.900. The van der Waals surface area contributed by atoms with Gasteiger partial charge in [0.25, 0.3) is 0 Å². The van der Waals surface area contributed by atoms with Gasteiger partial charge in [-0.15, -0.1) is 0 Å². The fourth-order valence-corrected chi connectivity index (χ4v) is 1.32. The summed E-state index contributed by atoms with van der Waals surface area (Å²) < 4.78 is 0. The highest BCUT2D eigenvalue weighted by Crippen LogP contribution is 2.07. The smallest absolute Gasteiger partial charge is 0.303 e. The van der Waals surface area contributed by atoms with Crippen molar-refractivity contribution in [3.63, 3.8) is 0 Å². The highest BCUT2D eigenvalue weighted by atomic mass is 16.4. The molecule has 0 saturated carbocycles. The lowest BCUT2D eigenvalue weighted by Crippen LogP contribution is -2.19. The Kier molecular flexibility index (Phi) is 7.69. The van der Waals surface area contributed by atoms with Gasteiger partial charge in [0.1, 0.15) is 0 Å². The van der Waals surface area contributed by atoms with Crippen LogP contribution in [-0.4, -0.2) is 17.1 Å². The van der Waals surface area contributed by atoms with Gasteiger partial charge in [0.2, 0.25) is 0 Å². The number of hydrogen-bond acceptors (Lipinski definition) is 2. The Labute approximate surface area is 80.3 Å². The first kappa shape index (κ1) is 12.4. The SMILES string of the molecule is CCCCCC(N)CCCC(=O)O. The third-order valence-corrected chi connectivity index (χ3v) is 2.14. The van der Waals surface area contributed by atoms with Gasteiger partial charge < -0.3 is 10.8 Å². The number of hydrogen-bond donors (Lipinski definition) is 2. The first-order chi connectivity index (χ1) is 6.16. The molecule has 0 heterocycles. The Hall–Kier alpha value is -0.570. The van der Waals surface area contributed by atoms with E-state index in [9.17, 15) is 4.79 Å². The van der Waals surface area contributed by atoms with Crippen LogP contribution in [0.4, 0.5) is 0 Å². The molecular weight excluding hydrogens is 166 g/mol. The van der Waals surface area contributed by atoms with Crippen molar-refractivity contribution in [2.24, 2.45) is 5.73 Å². The summed E-state index contributed by atoms with van der Waals surface area (Å²) in [7, 11) is 0. The minimum absolute atomic E-state index is 0.200. The molecule has 3 heteroatoms. The first-order valence-corrected chi connectivity index (χ1v) is 5.14. The van der Waals surface area contributed by atoms with Crippen molar-refractivity contribution in [2.75, 3.05) is 0 Å². The van der Waals surface area contributed by atoms with Gasteiger partial charge in [0.05, 0.1) is 0 Å². The van der Waals surface area contributed by atoms with Crippen molar-refractivity contribution in [1.82, 2.24) is 0 Å². The molecule has 0 aliphatic rings.